The highest BCUT2D eigenvalue weighted by Gasteiger charge is 2.33. The Hall–Kier alpha value is -6.33. The molecule has 5 nitrogen and oxygen atoms in total. The Bertz CT molecular complexity index is 2950. The molecule has 8 aromatic rings. The number of nitrogens with zero attached hydrogens (tertiary/aromatic N) is 4. The fourth-order valence-electron chi connectivity index (χ4n) is 8.89. The number of para-hydroxylation sites is 1. The van der Waals surface area contributed by atoms with Crippen LogP contribution < -0.4 is 14.5 Å². The summed E-state index contributed by atoms with van der Waals surface area (Å²) in [5.74, 6) is 2.46. The molecule has 0 amide bonds. The maximum atomic E-state index is 7.07. The van der Waals surface area contributed by atoms with Gasteiger partial charge >= 0.3 is 0 Å². The number of aromatic nitrogens is 2. The highest BCUT2D eigenvalue weighted by Crippen LogP contribution is 2.49. The third-order valence-electron chi connectivity index (χ3n) is 12.9. The number of rotatable bonds is 7. The Kier molecular flexibility index (Phi) is 9.89. The quantitative estimate of drug-likeness (QED) is 0.160. The van der Waals surface area contributed by atoms with E-state index in [9.17, 15) is 0 Å². The number of benzene rings is 6. The zero-order valence-corrected chi connectivity index (χ0v) is 38.3. The van der Waals surface area contributed by atoms with Gasteiger partial charge in [0.1, 0.15) is 24.0 Å². The predicted octanol–water partition coefficient (Wildman–Crippen LogP) is 15.4. The van der Waals surface area contributed by atoms with Crippen molar-refractivity contribution >= 4 is 44.6 Å². The van der Waals surface area contributed by atoms with Gasteiger partial charge in [0.05, 0.1) is 22.4 Å². The molecule has 0 saturated heterocycles. The lowest BCUT2D eigenvalue weighted by Gasteiger charge is -2.29. The SMILES string of the molecule is CC(C)(C)c1cccc(N2CN(c3cc(Oc4ccc5c6ccccc6n(-c6cc(C(C)(C)C)ccn6)c5c4)cc(C(C)(C)c4ccccc4)c3)c3ccc(C(C)(C)C)cc32)c1. The maximum absolute atomic E-state index is 7.07. The van der Waals surface area contributed by atoms with Gasteiger partial charge in [-0.15, -0.1) is 0 Å². The second-order valence-corrected chi connectivity index (χ2v) is 20.7. The van der Waals surface area contributed by atoms with E-state index in [0.29, 0.717) is 6.67 Å². The van der Waals surface area contributed by atoms with Crippen molar-refractivity contribution in [3.05, 3.63) is 180 Å². The predicted molar refractivity (Wildman–Crippen MR) is 262 cm³/mol. The number of hydrogen-bond donors (Lipinski definition) is 0. The Morgan fingerprint density at radius 2 is 1.06 bits per heavy atom. The van der Waals surface area contributed by atoms with Crippen LogP contribution in [0.4, 0.5) is 22.7 Å². The van der Waals surface area contributed by atoms with Crippen molar-refractivity contribution in [2.24, 2.45) is 0 Å². The topological polar surface area (TPSA) is 33.5 Å². The Morgan fingerprint density at radius 1 is 0.435 bits per heavy atom. The summed E-state index contributed by atoms with van der Waals surface area (Å²) >= 11 is 0. The zero-order chi connectivity index (χ0) is 43.8. The molecule has 0 saturated carbocycles. The summed E-state index contributed by atoms with van der Waals surface area (Å²) in [6.45, 7) is 25.8. The van der Waals surface area contributed by atoms with E-state index in [0.717, 1.165) is 39.4 Å². The minimum atomic E-state index is -0.311. The molecule has 9 rings (SSSR count). The lowest BCUT2D eigenvalue weighted by atomic mass is 9.78. The van der Waals surface area contributed by atoms with E-state index >= 15 is 0 Å². The molecule has 1 aliphatic rings. The van der Waals surface area contributed by atoms with Gasteiger partial charge in [-0.25, -0.2) is 4.98 Å². The third kappa shape index (κ3) is 7.52. The first-order valence-electron chi connectivity index (χ1n) is 22.1. The first-order chi connectivity index (χ1) is 29.4. The molecule has 0 spiro atoms. The van der Waals surface area contributed by atoms with Crippen LogP contribution >= 0.6 is 0 Å². The maximum Gasteiger partial charge on any atom is 0.137 e. The molecule has 1 aliphatic heterocycles. The van der Waals surface area contributed by atoms with Crippen LogP contribution in [0.25, 0.3) is 27.6 Å². The summed E-state index contributed by atoms with van der Waals surface area (Å²) in [6.07, 6.45) is 1.93. The second-order valence-electron chi connectivity index (χ2n) is 20.7. The molecule has 0 N–H and O–H groups in total. The van der Waals surface area contributed by atoms with E-state index in [1.807, 2.05) is 6.20 Å². The van der Waals surface area contributed by atoms with Crippen LogP contribution in [0.15, 0.2) is 152 Å². The molecule has 0 unspecified atom stereocenters. The van der Waals surface area contributed by atoms with E-state index in [1.165, 1.54) is 50.3 Å². The summed E-state index contributed by atoms with van der Waals surface area (Å²) in [5, 5.41) is 2.35. The van der Waals surface area contributed by atoms with Crippen molar-refractivity contribution < 1.29 is 4.74 Å². The zero-order valence-electron chi connectivity index (χ0n) is 38.3. The molecule has 0 bridgehead atoms. The first-order valence-corrected chi connectivity index (χ1v) is 22.1. The van der Waals surface area contributed by atoms with Gasteiger partial charge in [-0.2, -0.15) is 0 Å². The van der Waals surface area contributed by atoms with Gasteiger partial charge in [0, 0.05) is 45.9 Å². The molecular formula is C57H60N4O. The van der Waals surface area contributed by atoms with Gasteiger partial charge in [0.25, 0.3) is 0 Å². The first kappa shape index (κ1) is 41.0. The van der Waals surface area contributed by atoms with Crippen LogP contribution in [0.1, 0.15) is 104 Å². The Balaban J connectivity index is 1.19. The molecule has 0 fully saturated rings. The molecule has 314 valence electrons. The molecule has 5 heteroatoms. The molecular weight excluding hydrogens is 757 g/mol. The van der Waals surface area contributed by atoms with Crippen LogP contribution in [0, 0.1) is 0 Å². The molecule has 3 heterocycles. The smallest absolute Gasteiger partial charge is 0.137 e. The summed E-state index contributed by atoms with van der Waals surface area (Å²) in [6, 6.07) is 53.1. The van der Waals surface area contributed by atoms with Crippen LogP contribution in [0.5, 0.6) is 11.5 Å². The molecule has 0 aliphatic carbocycles. The lowest BCUT2D eigenvalue weighted by Crippen LogP contribution is -2.25. The monoisotopic (exact) mass is 816 g/mol. The third-order valence-corrected chi connectivity index (χ3v) is 12.9. The second kappa shape index (κ2) is 14.9. The summed E-state index contributed by atoms with van der Waals surface area (Å²) in [7, 11) is 0. The standard InChI is InChI=1S/C57H60N4O/c1-54(2,3)39-20-17-21-43(30-39)59-37-60(50-27-24-40(33-52(50)59)55(4,5)6)44-31-42(57(10,11)38-18-13-12-14-19-38)32-46(35-44)62-45-25-26-48-47-22-15-16-23-49(47)61(51(48)36-45)53-34-41(28-29-58-53)56(7,8)9/h12-36H,37H2,1-11H3. The van der Waals surface area contributed by atoms with Crippen LogP contribution in [-0.4, -0.2) is 16.2 Å². The number of anilines is 4. The minimum absolute atomic E-state index is 0.000271. The van der Waals surface area contributed by atoms with E-state index in [-0.39, 0.29) is 21.7 Å². The fraction of sp³-hybridized carbons (Fsp3) is 0.281. The summed E-state index contributed by atoms with van der Waals surface area (Å²) in [5.41, 5.74) is 12.8. The molecule has 0 radical (unpaired) electrons. The van der Waals surface area contributed by atoms with Crippen LogP contribution in [0.3, 0.4) is 0 Å². The van der Waals surface area contributed by atoms with E-state index in [1.54, 1.807) is 0 Å². The van der Waals surface area contributed by atoms with E-state index in [2.05, 4.69) is 236 Å². The largest absolute Gasteiger partial charge is 0.457 e. The van der Waals surface area contributed by atoms with Crippen molar-refractivity contribution in [1.29, 1.82) is 0 Å². The Morgan fingerprint density at radius 3 is 1.81 bits per heavy atom. The highest BCUT2D eigenvalue weighted by atomic mass is 16.5. The molecule has 6 aromatic carbocycles. The van der Waals surface area contributed by atoms with Gasteiger partial charge in [-0.05, 0) is 111 Å². The summed E-state index contributed by atoms with van der Waals surface area (Å²) < 4.78 is 9.35. The van der Waals surface area contributed by atoms with Crippen molar-refractivity contribution in [2.45, 2.75) is 97.8 Å². The van der Waals surface area contributed by atoms with Gasteiger partial charge in [-0.3, -0.25) is 4.57 Å². The van der Waals surface area contributed by atoms with Crippen LogP contribution in [-0.2, 0) is 21.7 Å². The average molecular weight is 817 g/mol. The number of ether oxygens (including phenoxy) is 1. The van der Waals surface area contributed by atoms with Crippen LogP contribution in [0.2, 0.25) is 0 Å². The molecule has 0 atom stereocenters. The lowest BCUT2D eigenvalue weighted by molar-refractivity contribution is 0.480. The molecule has 2 aromatic heterocycles. The highest BCUT2D eigenvalue weighted by molar-refractivity contribution is 6.09. The van der Waals surface area contributed by atoms with Crippen molar-refractivity contribution in [1.82, 2.24) is 9.55 Å². The fourth-order valence-corrected chi connectivity index (χ4v) is 8.89. The van der Waals surface area contributed by atoms with Gasteiger partial charge < -0.3 is 14.5 Å². The molecule has 62 heavy (non-hydrogen) atoms. The van der Waals surface area contributed by atoms with E-state index in [4.69, 9.17) is 9.72 Å². The normalized spacial score (nSPS) is 13.6. The average Bonchev–Trinajstić information content (AvgIpc) is 3.79. The number of hydrogen-bond acceptors (Lipinski definition) is 4. The van der Waals surface area contributed by atoms with Crippen molar-refractivity contribution in [3.63, 3.8) is 0 Å². The number of fused-ring (bicyclic) bond motifs is 4. The van der Waals surface area contributed by atoms with Crippen molar-refractivity contribution in [2.75, 3.05) is 16.5 Å². The number of pyridine rings is 1. The van der Waals surface area contributed by atoms with Gasteiger partial charge in [-0.1, -0.05) is 143 Å². The Labute approximate surface area is 368 Å². The summed E-state index contributed by atoms with van der Waals surface area (Å²) in [4.78, 5) is 9.86. The minimum Gasteiger partial charge on any atom is -0.457 e. The van der Waals surface area contributed by atoms with Gasteiger partial charge in [0.15, 0.2) is 0 Å². The van der Waals surface area contributed by atoms with E-state index < -0.39 is 0 Å². The van der Waals surface area contributed by atoms with Gasteiger partial charge in [0.2, 0.25) is 0 Å². The van der Waals surface area contributed by atoms with Crippen molar-refractivity contribution in [3.8, 4) is 17.3 Å².